The van der Waals surface area contributed by atoms with Gasteiger partial charge in [0.1, 0.15) is 12.4 Å². The second-order valence-corrected chi connectivity index (χ2v) is 8.22. The highest BCUT2D eigenvalue weighted by molar-refractivity contribution is 7.89. The van der Waals surface area contributed by atoms with Gasteiger partial charge in [-0.05, 0) is 36.8 Å². The average Bonchev–Trinajstić information content (AvgIpc) is 2.67. The van der Waals surface area contributed by atoms with Crippen molar-refractivity contribution >= 4 is 15.9 Å². The molecule has 2 aromatic rings. The van der Waals surface area contributed by atoms with E-state index in [4.69, 9.17) is 4.74 Å². The predicted octanol–water partition coefficient (Wildman–Crippen LogP) is 2.89. The van der Waals surface area contributed by atoms with E-state index in [-0.39, 0.29) is 23.8 Å². The molecule has 0 unspecified atom stereocenters. The van der Waals surface area contributed by atoms with Gasteiger partial charge in [0.2, 0.25) is 15.9 Å². The van der Waals surface area contributed by atoms with Crippen LogP contribution in [-0.4, -0.2) is 39.4 Å². The Bertz CT molecular complexity index is 891. The van der Waals surface area contributed by atoms with Gasteiger partial charge in [-0.1, -0.05) is 42.5 Å². The molecule has 1 N–H and O–H groups in total. The number of nitrogens with zero attached hydrogens (tertiary/aromatic N) is 1. The fourth-order valence-electron chi connectivity index (χ4n) is 2.49. The van der Waals surface area contributed by atoms with Crippen LogP contribution >= 0.6 is 0 Å². The number of benzene rings is 2. The number of carbonyl (C=O) groups excluding carboxylic acids is 1. The second-order valence-electron chi connectivity index (χ2n) is 6.45. The number of carbonyl (C=O) groups is 1. The van der Waals surface area contributed by atoms with Crippen molar-refractivity contribution in [3.63, 3.8) is 0 Å². The zero-order chi connectivity index (χ0) is 20.6. The van der Waals surface area contributed by atoms with Gasteiger partial charge in [-0.2, -0.15) is 0 Å². The van der Waals surface area contributed by atoms with E-state index in [0.717, 1.165) is 16.9 Å². The molecule has 0 radical (unpaired) electrons. The van der Waals surface area contributed by atoms with Crippen LogP contribution in [0.1, 0.15) is 17.5 Å². The van der Waals surface area contributed by atoms with Crippen LogP contribution in [0.3, 0.4) is 0 Å². The molecule has 0 aromatic heterocycles. The first-order chi connectivity index (χ1) is 13.3. The Morgan fingerprint density at radius 1 is 1.14 bits per heavy atom. The Balaban J connectivity index is 1.82. The van der Waals surface area contributed by atoms with Gasteiger partial charge in [-0.15, -0.1) is 0 Å². The summed E-state index contributed by atoms with van der Waals surface area (Å²) < 4.78 is 32.4. The van der Waals surface area contributed by atoms with Crippen LogP contribution in [-0.2, 0) is 21.4 Å². The number of aryl methyl sites for hydroxylation is 1. The van der Waals surface area contributed by atoms with Gasteiger partial charge in [0.05, 0.1) is 4.90 Å². The van der Waals surface area contributed by atoms with E-state index in [0.29, 0.717) is 13.2 Å². The van der Waals surface area contributed by atoms with Crippen LogP contribution in [0.5, 0.6) is 5.75 Å². The normalized spacial score (nSPS) is 11.1. The van der Waals surface area contributed by atoms with Crippen molar-refractivity contribution in [2.75, 3.05) is 20.2 Å². The minimum atomic E-state index is -3.61. The Kier molecular flexibility index (Phi) is 7.78. The molecule has 0 bridgehead atoms. The maximum Gasteiger partial charge on any atom is 0.240 e. The first-order valence-corrected chi connectivity index (χ1v) is 10.4. The first kappa shape index (κ1) is 21.7. The zero-order valence-electron chi connectivity index (χ0n) is 16.2. The number of nitrogens with one attached hydrogen (secondary N) is 1. The molecule has 0 atom stereocenters. The fraction of sp³-hybridized carbons (Fsp3) is 0.286. The highest BCUT2D eigenvalue weighted by atomic mass is 32.2. The molecule has 0 heterocycles. The molecule has 0 aliphatic heterocycles. The Hall–Kier alpha value is -2.64. The Labute approximate surface area is 166 Å². The third-order valence-corrected chi connectivity index (χ3v) is 5.58. The monoisotopic (exact) mass is 402 g/mol. The van der Waals surface area contributed by atoms with Crippen molar-refractivity contribution in [1.29, 1.82) is 0 Å². The molecule has 150 valence electrons. The van der Waals surface area contributed by atoms with Crippen molar-refractivity contribution in [2.45, 2.75) is 24.8 Å². The van der Waals surface area contributed by atoms with Crippen molar-refractivity contribution in [3.05, 3.63) is 72.3 Å². The average molecular weight is 403 g/mol. The number of sulfonamides is 1. The molecule has 6 nitrogen and oxygen atoms in total. The number of hydrogen-bond acceptors (Lipinski definition) is 4. The molecular formula is C21H26N2O4S. The summed E-state index contributed by atoms with van der Waals surface area (Å²) in [4.78, 5) is 14.0. The summed E-state index contributed by atoms with van der Waals surface area (Å²) in [5.74, 6) is 0.599. The smallest absolute Gasteiger partial charge is 0.240 e. The van der Waals surface area contributed by atoms with Gasteiger partial charge in [0.15, 0.2) is 0 Å². The van der Waals surface area contributed by atoms with Crippen molar-refractivity contribution in [3.8, 4) is 5.75 Å². The minimum absolute atomic E-state index is 0.0493. The highest BCUT2D eigenvalue weighted by Gasteiger charge is 2.15. The molecule has 1 amide bonds. The summed E-state index contributed by atoms with van der Waals surface area (Å²) >= 11 is 0. The van der Waals surface area contributed by atoms with E-state index >= 15 is 0 Å². The van der Waals surface area contributed by atoms with Crippen molar-refractivity contribution < 1.29 is 17.9 Å². The molecule has 0 saturated heterocycles. The lowest BCUT2D eigenvalue weighted by molar-refractivity contribution is -0.130. The lowest BCUT2D eigenvalue weighted by atomic mass is 10.2. The summed E-state index contributed by atoms with van der Waals surface area (Å²) in [5, 5.41) is 0. The number of ether oxygens (including phenoxy) is 1. The topological polar surface area (TPSA) is 75.7 Å². The van der Waals surface area contributed by atoms with Gasteiger partial charge < -0.3 is 9.64 Å². The van der Waals surface area contributed by atoms with E-state index in [1.54, 1.807) is 42.3 Å². The van der Waals surface area contributed by atoms with Crippen LogP contribution in [0.2, 0.25) is 0 Å². The van der Waals surface area contributed by atoms with E-state index < -0.39 is 10.0 Å². The van der Waals surface area contributed by atoms with Crippen LogP contribution in [0.15, 0.2) is 66.1 Å². The molecule has 0 saturated carbocycles. The third-order valence-electron chi connectivity index (χ3n) is 4.10. The predicted molar refractivity (Wildman–Crippen MR) is 110 cm³/mol. The van der Waals surface area contributed by atoms with Gasteiger partial charge in [0, 0.05) is 26.6 Å². The SMILES string of the molecule is C=CCOc1ccc(CN(C)C(=O)CCNS(=O)(=O)c2ccc(C)cc2)cc1. The van der Waals surface area contributed by atoms with E-state index in [9.17, 15) is 13.2 Å². The molecule has 2 rings (SSSR count). The lowest BCUT2D eigenvalue weighted by Gasteiger charge is -2.18. The summed E-state index contributed by atoms with van der Waals surface area (Å²) in [5.41, 5.74) is 1.94. The van der Waals surface area contributed by atoms with Crippen LogP contribution < -0.4 is 9.46 Å². The summed E-state index contributed by atoms with van der Waals surface area (Å²) in [6, 6.07) is 14.0. The molecule has 7 heteroatoms. The number of rotatable bonds is 10. The zero-order valence-corrected chi connectivity index (χ0v) is 17.0. The minimum Gasteiger partial charge on any atom is -0.490 e. The van der Waals surface area contributed by atoms with Gasteiger partial charge in [-0.3, -0.25) is 4.79 Å². The first-order valence-electron chi connectivity index (χ1n) is 8.95. The second kappa shape index (κ2) is 10.1. The summed E-state index contributed by atoms with van der Waals surface area (Å²) in [6.07, 6.45) is 1.76. The molecule has 0 aliphatic rings. The Morgan fingerprint density at radius 3 is 2.39 bits per heavy atom. The highest BCUT2D eigenvalue weighted by Crippen LogP contribution is 2.14. The van der Waals surface area contributed by atoms with Crippen LogP contribution in [0.25, 0.3) is 0 Å². The quantitative estimate of drug-likeness (QED) is 0.620. The van der Waals surface area contributed by atoms with Crippen molar-refractivity contribution in [2.24, 2.45) is 0 Å². The van der Waals surface area contributed by atoms with Crippen LogP contribution in [0.4, 0.5) is 0 Å². The third kappa shape index (κ3) is 6.51. The van der Waals surface area contributed by atoms with Gasteiger partial charge >= 0.3 is 0 Å². The van der Waals surface area contributed by atoms with E-state index in [1.807, 2.05) is 31.2 Å². The fourth-order valence-corrected chi connectivity index (χ4v) is 3.52. The maximum atomic E-state index is 12.3. The molecule has 0 fully saturated rings. The van der Waals surface area contributed by atoms with Gasteiger partial charge in [0.25, 0.3) is 0 Å². The molecule has 28 heavy (non-hydrogen) atoms. The molecule has 0 spiro atoms. The summed E-state index contributed by atoms with van der Waals surface area (Å²) in [6.45, 7) is 6.42. The largest absolute Gasteiger partial charge is 0.490 e. The lowest BCUT2D eigenvalue weighted by Crippen LogP contribution is -2.31. The maximum absolute atomic E-state index is 12.3. The molecule has 0 aliphatic carbocycles. The van der Waals surface area contributed by atoms with Gasteiger partial charge in [-0.25, -0.2) is 13.1 Å². The standard InChI is InChI=1S/C21H26N2O4S/c1-4-15-27-19-9-7-18(8-10-19)16-23(3)21(24)13-14-22-28(25,26)20-11-5-17(2)6-12-20/h4-12,22H,1,13-16H2,2-3H3. The number of amides is 1. The molecule has 2 aromatic carbocycles. The van der Waals surface area contributed by atoms with Crippen LogP contribution in [0, 0.1) is 6.92 Å². The summed E-state index contributed by atoms with van der Waals surface area (Å²) in [7, 11) is -1.92. The van der Waals surface area contributed by atoms with Crippen molar-refractivity contribution in [1.82, 2.24) is 9.62 Å². The van der Waals surface area contributed by atoms with E-state index in [2.05, 4.69) is 11.3 Å². The van der Waals surface area contributed by atoms with E-state index in [1.165, 1.54) is 0 Å². The number of hydrogen-bond donors (Lipinski definition) is 1. The molecular weight excluding hydrogens is 376 g/mol. The Morgan fingerprint density at radius 2 is 1.79 bits per heavy atom.